The van der Waals surface area contributed by atoms with E-state index in [1.54, 1.807) is 7.05 Å². The molecule has 90 heavy (non-hydrogen) atoms. The molecule has 4 aromatic heterocycles. The molecule has 0 radical (unpaired) electrons. The smallest absolute Gasteiger partial charge is 0.330 e. The second-order valence-electron chi connectivity index (χ2n) is 21.1. The SMILES string of the molecule is CC[C@H]1OC(OC(C)=O)C(OC(C)=O)[C@H]1C.CC[C@H]1O[C@@H](n2cc(CBr)c(=O)[nH]c2=O)C(OC(C)=O)[C@H]1C.CC[C@H]1O[C@@H](n2cc(CO)c(=O)[nH]c2=O)C(OC(C)=O)[C@H]1C.CNCc1cn([C@@H]2O[C@H](CO)[C@H](O)C2O)c(=O)[nH]c1=O.O=c1[nH]cc(CO)c(=O)[nH]1. The number of rotatable bonds is 16. The van der Waals surface area contributed by atoms with Gasteiger partial charge in [-0.15, -0.1) is 0 Å². The van der Waals surface area contributed by atoms with E-state index in [0.29, 0.717) is 17.3 Å². The van der Waals surface area contributed by atoms with Gasteiger partial charge >= 0.3 is 46.6 Å². The molecule has 34 nitrogen and oxygen atoms in total. The highest BCUT2D eigenvalue weighted by molar-refractivity contribution is 9.08. The highest BCUT2D eigenvalue weighted by Gasteiger charge is 2.48. The number of halogens is 1. The van der Waals surface area contributed by atoms with Crippen molar-refractivity contribution in [3.63, 3.8) is 0 Å². The van der Waals surface area contributed by atoms with Gasteiger partial charge in [0.25, 0.3) is 22.2 Å². The quantitative estimate of drug-likeness (QED) is 0.0325. The van der Waals surface area contributed by atoms with Gasteiger partial charge in [-0.1, -0.05) is 57.5 Å². The van der Waals surface area contributed by atoms with E-state index in [2.05, 4.69) is 41.2 Å². The molecule has 0 aliphatic carbocycles. The van der Waals surface area contributed by atoms with Crippen molar-refractivity contribution in [3.05, 3.63) is 130 Å². The standard InChI is InChI=1S/C14H19BrN2O5.C14H20N2O6.C11H17N3O6.C11H18O5.C5H6N2O3/c1-4-10-7(2)11(21-8(3)18)13(22-10)17-6-9(5-15)12(19)16-14(17)20;1-4-10-7(2)11(21-8(3)18)13(22-10)16-5-9(6-17)12(19)15-14(16)20;1-12-2-5-3-14(11(19)13-9(5)18)10-8(17)7(16)6(4-15)20-10;1-5-9-6(2)10(14-7(3)12)11(16-9)15-8(4)13;8-2-3-1-6-5(10)7-4(3)9/h6-7,10-11,13H,4-5H2,1-3H3,(H,16,19,20);5,7,10-11,13,17H,4,6H2,1-3H3,(H,15,19,20);3,6-8,10,12,15-17H,2,4H2,1H3,(H,13,18,19);6,9-11H,5H2,1-4H3;1,8H,2H2,(H2,6,7,9,10)/t2*7-,10+,11?,13+;6-,7+,8?,10-;6-,9+,10?,11?;/m0010./s1. The maximum Gasteiger partial charge on any atom is 0.330 e. The fourth-order valence-corrected chi connectivity index (χ4v) is 10.5. The molecule has 4 fully saturated rings. The van der Waals surface area contributed by atoms with E-state index in [1.807, 2.05) is 46.5 Å². The Balaban J connectivity index is 0.000000245. The van der Waals surface area contributed by atoms with E-state index >= 15 is 0 Å². The first-order chi connectivity index (χ1) is 42.4. The molecule has 4 aliphatic rings. The van der Waals surface area contributed by atoms with Crippen LogP contribution in [-0.4, -0.2) is 163 Å². The monoisotopic (exact) mass is 1350 g/mol. The summed E-state index contributed by atoms with van der Waals surface area (Å²) in [6.07, 6.45) is -1.91. The molecule has 0 amide bonds. The van der Waals surface area contributed by atoms with E-state index < -0.39 is 144 Å². The average molecular weight is 1350 g/mol. The summed E-state index contributed by atoms with van der Waals surface area (Å²) < 4.78 is 46.7. The van der Waals surface area contributed by atoms with Crippen LogP contribution in [0.2, 0.25) is 0 Å². The number of H-pyrrole nitrogens is 5. The number of alkyl halides is 1. The molecule has 5 unspecified atom stereocenters. The number of ether oxygens (including phenoxy) is 8. The van der Waals surface area contributed by atoms with Crippen molar-refractivity contribution < 1.29 is 82.6 Å². The van der Waals surface area contributed by atoms with Crippen molar-refractivity contribution in [2.45, 2.75) is 193 Å². The molecule has 0 aromatic carbocycles. The summed E-state index contributed by atoms with van der Waals surface area (Å²) in [6.45, 7) is 15.7. The summed E-state index contributed by atoms with van der Waals surface area (Å²) in [6, 6.07) is 0. The predicted octanol–water partition coefficient (Wildman–Crippen LogP) is -2.11. The first-order valence-electron chi connectivity index (χ1n) is 28.5. The third kappa shape index (κ3) is 19.4. The largest absolute Gasteiger partial charge is 0.457 e. The molecule has 502 valence electrons. The van der Waals surface area contributed by atoms with E-state index in [9.17, 15) is 72.9 Å². The average Bonchev–Trinajstić information content (AvgIpc) is 1.66. The summed E-state index contributed by atoms with van der Waals surface area (Å²) in [5.41, 5.74) is -3.88. The first kappa shape index (κ1) is 75.1. The molecule has 35 heteroatoms. The van der Waals surface area contributed by atoms with Gasteiger partial charge < -0.3 is 73.7 Å². The number of aromatic nitrogens is 8. The number of carbonyl (C=O) groups is 4. The third-order valence-electron chi connectivity index (χ3n) is 14.7. The van der Waals surface area contributed by atoms with Crippen molar-refractivity contribution in [1.82, 2.24) is 43.9 Å². The summed E-state index contributed by atoms with van der Waals surface area (Å²) in [4.78, 5) is 147. The summed E-state index contributed by atoms with van der Waals surface area (Å²) >= 11 is 3.21. The maximum absolute atomic E-state index is 12.1. The van der Waals surface area contributed by atoms with Gasteiger partial charge in [0.1, 0.15) is 18.3 Å². The molecule has 11 N–H and O–H groups in total. The predicted molar refractivity (Wildman–Crippen MR) is 315 cm³/mol. The zero-order valence-corrected chi connectivity index (χ0v) is 52.9. The van der Waals surface area contributed by atoms with Crippen LogP contribution in [0.5, 0.6) is 0 Å². The van der Waals surface area contributed by atoms with Gasteiger partial charge in [-0.2, -0.15) is 0 Å². The summed E-state index contributed by atoms with van der Waals surface area (Å²) in [5.74, 6) is -1.86. The van der Waals surface area contributed by atoms with Gasteiger partial charge in [-0.05, 0) is 26.3 Å². The number of hydrogen-bond donors (Lipinski definition) is 11. The molecule has 0 spiro atoms. The lowest BCUT2D eigenvalue weighted by Gasteiger charge is -2.22. The van der Waals surface area contributed by atoms with E-state index in [0.717, 1.165) is 22.0 Å². The Kier molecular flexibility index (Phi) is 29.0. The number of aliphatic hydroxyl groups excluding tert-OH is 5. The Bertz CT molecular complexity index is 3440. The van der Waals surface area contributed by atoms with Gasteiger partial charge in [-0.25, -0.2) is 19.2 Å². The van der Waals surface area contributed by atoms with Crippen LogP contribution >= 0.6 is 15.9 Å². The van der Waals surface area contributed by atoms with E-state index in [-0.39, 0.29) is 65.9 Å². The Hall–Kier alpha value is -7.32. The zero-order valence-electron chi connectivity index (χ0n) is 51.3. The van der Waals surface area contributed by atoms with Crippen LogP contribution in [0.1, 0.15) is 129 Å². The van der Waals surface area contributed by atoms with Gasteiger partial charge in [0, 0.05) is 93.2 Å². The van der Waals surface area contributed by atoms with Gasteiger partial charge in [-0.3, -0.25) is 72.0 Å². The number of carbonyl (C=O) groups excluding carboxylic acids is 4. The Morgan fingerprint density at radius 2 is 0.900 bits per heavy atom. The van der Waals surface area contributed by atoms with Gasteiger partial charge in [0.2, 0.25) is 6.29 Å². The van der Waals surface area contributed by atoms with Crippen LogP contribution in [0.15, 0.2) is 63.1 Å². The fourth-order valence-electron chi connectivity index (χ4n) is 10.1. The minimum Gasteiger partial charge on any atom is -0.457 e. The maximum atomic E-state index is 12.1. The number of nitrogens with one attached hydrogen (secondary N) is 6. The van der Waals surface area contributed by atoms with Crippen molar-refractivity contribution in [1.29, 1.82) is 0 Å². The minimum absolute atomic E-state index is 0.0262. The third-order valence-corrected chi connectivity index (χ3v) is 15.3. The van der Waals surface area contributed by atoms with Crippen molar-refractivity contribution >= 4 is 39.8 Å². The van der Waals surface area contributed by atoms with Crippen LogP contribution in [0, 0.1) is 17.8 Å². The normalized spacial score (nSPS) is 27.3. The second kappa shape index (κ2) is 34.8. The van der Waals surface area contributed by atoms with Crippen LogP contribution in [0.4, 0.5) is 0 Å². The Morgan fingerprint density at radius 1 is 0.522 bits per heavy atom. The Labute approximate surface area is 519 Å². The molecular formula is C55H80BrN9O25. The van der Waals surface area contributed by atoms with Crippen LogP contribution < -0.4 is 50.3 Å². The lowest BCUT2D eigenvalue weighted by atomic mass is 9.98. The van der Waals surface area contributed by atoms with E-state index in [4.69, 9.17) is 48.1 Å². The highest BCUT2D eigenvalue weighted by Crippen LogP contribution is 2.38. The van der Waals surface area contributed by atoms with Crippen LogP contribution in [0.3, 0.4) is 0 Å². The van der Waals surface area contributed by atoms with Gasteiger partial charge in [0.15, 0.2) is 37.0 Å². The number of hydrogen-bond acceptors (Lipinski definition) is 26. The number of esters is 4. The second-order valence-corrected chi connectivity index (χ2v) is 21.6. The molecule has 4 saturated heterocycles. The molecule has 0 saturated carbocycles. The van der Waals surface area contributed by atoms with Crippen molar-refractivity contribution in [2.75, 3.05) is 13.7 Å². The highest BCUT2D eigenvalue weighted by atomic mass is 79.9. The summed E-state index contributed by atoms with van der Waals surface area (Å²) in [5, 5.41) is 49.3. The lowest BCUT2D eigenvalue weighted by molar-refractivity contribution is -0.194. The molecule has 0 bridgehead atoms. The first-order valence-corrected chi connectivity index (χ1v) is 29.6. The fraction of sp³-hybridized carbons (Fsp3) is 0.636. The van der Waals surface area contributed by atoms with E-state index in [1.165, 1.54) is 57.0 Å². The molecule has 4 aromatic rings. The summed E-state index contributed by atoms with van der Waals surface area (Å²) in [7, 11) is 1.64. The minimum atomic E-state index is -1.38. The van der Waals surface area contributed by atoms with Crippen molar-refractivity contribution in [3.8, 4) is 0 Å². The number of aliphatic hydroxyl groups is 5. The number of nitrogens with zero attached hydrogens (tertiary/aromatic N) is 3. The molecular weight excluding hydrogens is 1270 g/mol. The Morgan fingerprint density at radius 3 is 1.30 bits per heavy atom. The topological polar surface area (TPSA) is 486 Å². The molecule has 4 aliphatic heterocycles. The lowest BCUT2D eigenvalue weighted by Crippen LogP contribution is -2.39. The molecule has 8 heterocycles. The number of aromatic amines is 5. The molecule has 16 atom stereocenters. The van der Waals surface area contributed by atoms with Crippen molar-refractivity contribution in [2.24, 2.45) is 17.8 Å². The van der Waals surface area contributed by atoms with Crippen LogP contribution in [0.25, 0.3) is 0 Å². The zero-order chi connectivity index (χ0) is 67.6. The van der Waals surface area contributed by atoms with Crippen LogP contribution in [-0.2, 0) is 82.2 Å². The molecule has 8 rings (SSSR count). The van der Waals surface area contributed by atoms with Gasteiger partial charge in [0.05, 0.1) is 49.3 Å².